The third-order valence-electron chi connectivity index (χ3n) is 3.65. The predicted octanol–water partition coefficient (Wildman–Crippen LogP) is 6.62. The van der Waals surface area contributed by atoms with Gasteiger partial charge in [-0.25, -0.2) is 0 Å². The monoisotopic (exact) mass is 452 g/mol. The molecule has 1 N–H and O–H groups in total. The van der Waals surface area contributed by atoms with Crippen molar-refractivity contribution < 1.29 is 5.11 Å². The van der Waals surface area contributed by atoms with Crippen LogP contribution in [0.2, 0.25) is 0 Å². The number of aliphatic hydroxyl groups excluding tert-OH is 1. The lowest BCUT2D eigenvalue weighted by Gasteiger charge is -2.13. The fourth-order valence-corrected chi connectivity index (χ4v) is 3.42. The van der Waals surface area contributed by atoms with Gasteiger partial charge in [0.25, 0.3) is 0 Å². The Hall–Kier alpha value is 0.390. The van der Waals surface area contributed by atoms with Gasteiger partial charge in [0.1, 0.15) is 0 Å². The Morgan fingerprint density at radius 2 is 1.65 bits per heavy atom. The zero-order valence-corrected chi connectivity index (χ0v) is 16.1. The van der Waals surface area contributed by atoms with Crippen molar-refractivity contribution in [1.29, 1.82) is 0 Å². The Bertz CT molecular complexity index is 381. The molecule has 0 bridgehead atoms. The molecule has 0 radical (unpaired) electrons. The molecule has 0 aromatic heterocycles. The first kappa shape index (κ1) is 18.4. The second-order valence-electron chi connectivity index (χ2n) is 5.45. The molecule has 0 fully saturated rings. The van der Waals surface area contributed by atoms with Gasteiger partial charge in [-0.05, 0) is 52.8 Å². The standard InChI is InChI=1S/C17H26BrIO/c1-2-3-4-5-6-7-8-9-10-17(20)15-13-14(19)11-12-16(15)18/h11-13,17,20H,2-10H2,1H3. The fourth-order valence-electron chi connectivity index (χ4n) is 2.40. The molecule has 114 valence electrons. The molecule has 0 aliphatic carbocycles. The highest BCUT2D eigenvalue weighted by atomic mass is 127. The SMILES string of the molecule is CCCCCCCCCCC(O)c1cc(I)ccc1Br. The second-order valence-corrected chi connectivity index (χ2v) is 7.55. The van der Waals surface area contributed by atoms with Gasteiger partial charge >= 0.3 is 0 Å². The number of aliphatic hydroxyl groups is 1. The van der Waals surface area contributed by atoms with Crippen molar-refractivity contribution in [3.05, 3.63) is 31.8 Å². The second kappa shape index (κ2) is 11.0. The largest absolute Gasteiger partial charge is 0.388 e. The van der Waals surface area contributed by atoms with Crippen LogP contribution >= 0.6 is 38.5 Å². The fraction of sp³-hybridized carbons (Fsp3) is 0.647. The smallest absolute Gasteiger partial charge is 0.0801 e. The molecule has 0 amide bonds. The number of hydrogen-bond acceptors (Lipinski definition) is 1. The molecule has 0 heterocycles. The first-order valence-corrected chi connectivity index (χ1v) is 9.65. The first-order valence-electron chi connectivity index (χ1n) is 7.78. The zero-order valence-electron chi connectivity index (χ0n) is 12.4. The summed E-state index contributed by atoms with van der Waals surface area (Å²) in [6.45, 7) is 2.25. The highest BCUT2D eigenvalue weighted by Gasteiger charge is 2.11. The van der Waals surface area contributed by atoms with Gasteiger partial charge in [0, 0.05) is 8.04 Å². The van der Waals surface area contributed by atoms with Crippen molar-refractivity contribution in [2.45, 2.75) is 70.8 Å². The van der Waals surface area contributed by atoms with Crippen molar-refractivity contribution in [3.63, 3.8) is 0 Å². The van der Waals surface area contributed by atoms with Crippen LogP contribution in [0.4, 0.5) is 0 Å². The molecule has 3 heteroatoms. The average Bonchev–Trinajstić information content (AvgIpc) is 2.44. The number of halogens is 2. The Morgan fingerprint density at radius 1 is 1.05 bits per heavy atom. The molecular weight excluding hydrogens is 427 g/mol. The lowest BCUT2D eigenvalue weighted by molar-refractivity contribution is 0.162. The maximum Gasteiger partial charge on any atom is 0.0801 e. The van der Waals surface area contributed by atoms with Gasteiger partial charge in [-0.2, -0.15) is 0 Å². The van der Waals surface area contributed by atoms with Crippen LogP contribution in [-0.2, 0) is 0 Å². The van der Waals surface area contributed by atoms with E-state index >= 15 is 0 Å². The molecule has 0 saturated heterocycles. The van der Waals surface area contributed by atoms with Crippen molar-refractivity contribution in [1.82, 2.24) is 0 Å². The van der Waals surface area contributed by atoms with E-state index in [-0.39, 0.29) is 6.10 Å². The molecule has 1 aromatic rings. The average molecular weight is 453 g/mol. The third-order valence-corrected chi connectivity index (χ3v) is 5.04. The van der Waals surface area contributed by atoms with E-state index in [0.29, 0.717) is 0 Å². The molecule has 0 aliphatic rings. The Balaban J connectivity index is 2.17. The Morgan fingerprint density at radius 3 is 2.30 bits per heavy atom. The van der Waals surface area contributed by atoms with Gasteiger partial charge in [0.05, 0.1) is 6.10 Å². The Kier molecular flexibility index (Phi) is 10.2. The summed E-state index contributed by atoms with van der Waals surface area (Å²) in [6, 6.07) is 6.14. The van der Waals surface area contributed by atoms with Gasteiger partial charge in [-0.15, -0.1) is 0 Å². The summed E-state index contributed by atoms with van der Waals surface area (Å²) < 4.78 is 2.20. The molecule has 1 aromatic carbocycles. The van der Waals surface area contributed by atoms with E-state index in [4.69, 9.17) is 0 Å². The molecule has 1 unspecified atom stereocenters. The van der Waals surface area contributed by atoms with Crippen molar-refractivity contribution in [2.24, 2.45) is 0 Å². The normalized spacial score (nSPS) is 12.6. The number of rotatable bonds is 10. The molecular formula is C17H26BrIO. The van der Waals surface area contributed by atoms with Gasteiger partial charge in [-0.1, -0.05) is 74.2 Å². The van der Waals surface area contributed by atoms with Crippen LogP contribution in [0.1, 0.15) is 76.4 Å². The first-order chi connectivity index (χ1) is 9.65. The molecule has 1 nitrogen and oxygen atoms in total. The highest BCUT2D eigenvalue weighted by Crippen LogP contribution is 2.28. The van der Waals surface area contributed by atoms with Crippen LogP contribution in [0.3, 0.4) is 0 Å². The number of benzene rings is 1. The van der Waals surface area contributed by atoms with E-state index in [9.17, 15) is 5.11 Å². The maximum absolute atomic E-state index is 10.3. The minimum absolute atomic E-state index is 0.334. The minimum Gasteiger partial charge on any atom is -0.388 e. The molecule has 0 spiro atoms. The molecule has 0 aliphatic heterocycles. The van der Waals surface area contributed by atoms with E-state index in [2.05, 4.69) is 57.6 Å². The van der Waals surface area contributed by atoms with Crippen LogP contribution in [-0.4, -0.2) is 5.11 Å². The summed E-state index contributed by atoms with van der Waals surface area (Å²) in [6.07, 6.45) is 11.0. The third kappa shape index (κ3) is 7.41. The van der Waals surface area contributed by atoms with E-state index in [1.807, 2.05) is 6.07 Å². The van der Waals surface area contributed by atoms with Gasteiger partial charge < -0.3 is 5.11 Å². The van der Waals surface area contributed by atoms with Crippen LogP contribution in [0.5, 0.6) is 0 Å². The van der Waals surface area contributed by atoms with E-state index < -0.39 is 0 Å². The molecule has 1 atom stereocenters. The van der Waals surface area contributed by atoms with E-state index in [1.54, 1.807) is 0 Å². The minimum atomic E-state index is -0.334. The summed E-state index contributed by atoms with van der Waals surface area (Å²) in [5, 5.41) is 10.3. The predicted molar refractivity (Wildman–Crippen MR) is 99.0 cm³/mol. The molecule has 1 rings (SSSR count). The number of unbranched alkanes of at least 4 members (excludes halogenated alkanes) is 7. The topological polar surface area (TPSA) is 20.2 Å². The van der Waals surface area contributed by atoms with Crippen LogP contribution < -0.4 is 0 Å². The van der Waals surface area contributed by atoms with Crippen LogP contribution in [0, 0.1) is 3.57 Å². The van der Waals surface area contributed by atoms with Crippen molar-refractivity contribution in [3.8, 4) is 0 Å². The van der Waals surface area contributed by atoms with Gasteiger partial charge in [0.15, 0.2) is 0 Å². The van der Waals surface area contributed by atoms with Gasteiger partial charge in [-0.3, -0.25) is 0 Å². The molecule has 20 heavy (non-hydrogen) atoms. The zero-order chi connectivity index (χ0) is 14.8. The number of hydrogen-bond donors (Lipinski definition) is 1. The highest BCUT2D eigenvalue weighted by molar-refractivity contribution is 14.1. The Labute approximate surface area is 145 Å². The summed E-state index contributed by atoms with van der Waals surface area (Å²) >= 11 is 5.82. The van der Waals surface area contributed by atoms with Crippen molar-refractivity contribution in [2.75, 3.05) is 0 Å². The summed E-state index contributed by atoms with van der Waals surface area (Å²) in [7, 11) is 0. The van der Waals surface area contributed by atoms with E-state index in [0.717, 1.165) is 22.9 Å². The van der Waals surface area contributed by atoms with Crippen LogP contribution in [0.15, 0.2) is 22.7 Å². The summed E-state index contributed by atoms with van der Waals surface area (Å²) in [5.74, 6) is 0. The van der Waals surface area contributed by atoms with Crippen LogP contribution in [0.25, 0.3) is 0 Å². The van der Waals surface area contributed by atoms with Gasteiger partial charge in [0.2, 0.25) is 0 Å². The van der Waals surface area contributed by atoms with E-state index in [1.165, 1.54) is 48.5 Å². The summed E-state index contributed by atoms with van der Waals surface area (Å²) in [5.41, 5.74) is 1.03. The quantitative estimate of drug-likeness (QED) is 0.312. The maximum atomic E-state index is 10.3. The lowest BCUT2D eigenvalue weighted by Crippen LogP contribution is -1.99. The molecule has 0 saturated carbocycles. The van der Waals surface area contributed by atoms with Crippen molar-refractivity contribution >= 4 is 38.5 Å². The summed E-state index contributed by atoms with van der Waals surface area (Å²) in [4.78, 5) is 0. The lowest BCUT2D eigenvalue weighted by atomic mass is 10.0.